The molecule has 176 valence electrons. The lowest BCUT2D eigenvalue weighted by atomic mass is 9.95. The van der Waals surface area contributed by atoms with Gasteiger partial charge in [-0.1, -0.05) is 40.5 Å². The molecule has 0 spiro atoms. The van der Waals surface area contributed by atoms with Crippen LogP contribution in [0.4, 0.5) is 0 Å². The maximum Gasteiger partial charge on any atom is 0.326 e. The molecule has 2 heterocycles. The summed E-state index contributed by atoms with van der Waals surface area (Å²) in [4.78, 5) is 52.2. The van der Waals surface area contributed by atoms with Gasteiger partial charge in [0, 0.05) is 6.54 Å². The van der Waals surface area contributed by atoms with Crippen LogP contribution in [0.2, 0.25) is 0 Å². The van der Waals surface area contributed by atoms with Crippen molar-refractivity contribution in [2.24, 2.45) is 11.8 Å². The molecule has 2 aliphatic rings. The Balaban J connectivity index is 2.10. The van der Waals surface area contributed by atoms with Crippen LogP contribution in [0.15, 0.2) is 0 Å². The fourth-order valence-electron chi connectivity index (χ4n) is 4.28. The van der Waals surface area contributed by atoms with E-state index in [0.29, 0.717) is 25.8 Å². The number of amides is 3. The predicted octanol–water partition coefficient (Wildman–Crippen LogP) is 0.876. The Morgan fingerprint density at radius 1 is 1.00 bits per heavy atom. The van der Waals surface area contributed by atoms with Gasteiger partial charge in [0.15, 0.2) is 0 Å². The van der Waals surface area contributed by atoms with E-state index in [1.807, 2.05) is 20.8 Å². The van der Waals surface area contributed by atoms with Gasteiger partial charge in [-0.2, -0.15) is 0 Å². The number of carboxylic acid groups (broad SMARTS) is 1. The molecule has 0 aromatic rings. The number of hydrogen-bond acceptors (Lipinski definition) is 5. The third-order valence-corrected chi connectivity index (χ3v) is 6.77. The Bertz CT molecular complexity index is 664. The summed E-state index contributed by atoms with van der Waals surface area (Å²) in [5.74, 6) is -2.41. The Morgan fingerprint density at radius 3 is 2.19 bits per heavy atom. The minimum Gasteiger partial charge on any atom is -0.480 e. The molecule has 0 bridgehead atoms. The number of likely N-dealkylation sites (tertiary alicyclic amines) is 1. The van der Waals surface area contributed by atoms with Crippen LogP contribution in [0, 0.1) is 11.8 Å². The molecule has 2 rings (SSSR count). The minimum absolute atomic E-state index is 0.0533. The molecule has 3 amide bonds. The lowest BCUT2D eigenvalue weighted by Crippen LogP contribution is -2.58. The van der Waals surface area contributed by atoms with Crippen molar-refractivity contribution >= 4 is 23.7 Å². The summed E-state index contributed by atoms with van der Waals surface area (Å²) >= 11 is 0. The molecule has 6 atom stereocenters. The molecule has 2 aliphatic heterocycles. The maximum atomic E-state index is 13.1. The average molecular weight is 439 g/mol. The van der Waals surface area contributed by atoms with Crippen LogP contribution < -0.4 is 16.0 Å². The second-order valence-corrected chi connectivity index (χ2v) is 8.92. The number of carboxylic acids is 1. The van der Waals surface area contributed by atoms with Crippen molar-refractivity contribution < 1.29 is 24.3 Å². The number of carbonyl (C=O) groups is 4. The van der Waals surface area contributed by atoms with E-state index in [1.54, 1.807) is 11.8 Å². The molecule has 31 heavy (non-hydrogen) atoms. The van der Waals surface area contributed by atoms with Crippen LogP contribution in [0.25, 0.3) is 0 Å². The molecule has 0 radical (unpaired) electrons. The highest BCUT2D eigenvalue weighted by molar-refractivity contribution is 5.94. The number of rotatable bonds is 10. The summed E-state index contributed by atoms with van der Waals surface area (Å²) in [7, 11) is 0. The molecule has 0 saturated carbocycles. The second-order valence-electron chi connectivity index (χ2n) is 8.92. The summed E-state index contributed by atoms with van der Waals surface area (Å²) in [6.45, 7) is 8.74. The highest BCUT2D eigenvalue weighted by Crippen LogP contribution is 2.22. The normalized spacial score (nSPS) is 24.8. The standard InChI is InChI=1S/C22H38N4O5/c1-5-13(3)17(20(28)25-18(22(30)31)14(4)6-2)24-19(27)16-10-8-12-26(16)21(29)15-9-7-11-23-15/h13-18,23H,5-12H2,1-4H3,(H,24,27)(H,25,28)(H,30,31). The minimum atomic E-state index is -1.09. The molecule has 0 aliphatic carbocycles. The van der Waals surface area contributed by atoms with Gasteiger partial charge < -0.3 is 26.0 Å². The highest BCUT2D eigenvalue weighted by atomic mass is 16.4. The van der Waals surface area contributed by atoms with Crippen LogP contribution in [-0.2, 0) is 19.2 Å². The summed E-state index contributed by atoms with van der Waals surface area (Å²) in [6.07, 6.45) is 4.26. The molecular weight excluding hydrogens is 400 g/mol. The Morgan fingerprint density at radius 2 is 1.65 bits per heavy atom. The third-order valence-electron chi connectivity index (χ3n) is 6.77. The number of hydrogen-bond donors (Lipinski definition) is 4. The van der Waals surface area contributed by atoms with Gasteiger partial charge in [0.25, 0.3) is 0 Å². The van der Waals surface area contributed by atoms with Crippen LogP contribution in [0.3, 0.4) is 0 Å². The van der Waals surface area contributed by atoms with E-state index in [1.165, 1.54) is 0 Å². The van der Waals surface area contributed by atoms with Gasteiger partial charge >= 0.3 is 5.97 Å². The summed E-state index contributed by atoms with van der Waals surface area (Å²) in [6, 6.07) is -2.71. The van der Waals surface area contributed by atoms with E-state index in [4.69, 9.17) is 0 Å². The first-order valence-corrected chi connectivity index (χ1v) is 11.6. The first-order valence-electron chi connectivity index (χ1n) is 11.6. The predicted molar refractivity (Wildman–Crippen MR) is 116 cm³/mol. The summed E-state index contributed by atoms with van der Waals surface area (Å²) < 4.78 is 0. The zero-order valence-electron chi connectivity index (χ0n) is 19.1. The molecular formula is C22H38N4O5. The monoisotopic (exact) mass is 438 g/mol. The van der Waals surface area contributed by atoms with Gasteiger partial charge in [0.2, 0.25) is 17.7 Å². The zero-order chi connectivity index (χ0) is 23.1. The van der Waals surface area contributed by atoms with E-state index >= 15 is 0 Å². The van der Waals surface area contributed by atoms with E-state index in [9.17, 15) is 24.3 Å². The van der Waals surface area contributed by atoms with Crippen molar-refractivity contribution in [3.8, 4) is 0 Å². The highest BCUT2D eigenvalue weighted by Gasteiger charge is 2.40. The van der Waals surface area contributed by atoms with Crippen LogP contribution in [-0.4, -0.2) is 71.0 Å². The quantitative estimate of drug-likeness (QED) is 0.401. The molecule has 9 nitrogen and oxygen atoms in total. The lowest BCUT2D eigenvalue weighted by Gasteiger charge is -2.31. The first kappa shape index (κ1) is 25.1. The Hall–Kier alpha value is -2.16. The molecule has 6 unspecified atom stereocenters. The number of nitrogens with one attached hydrogen (secondary N) is 3. The number of carbonyl (C=O) groups excluding carboxylic acids is 3. The van der Waals surface area contributed by atoms with Crippen molar-refractivity contribution in [1.82, 2.24) is 20.9 Å². The molecule has 9 heteroatoms. The summed E-state index contributed by atoms with van der Waals surface area (Å²) in [5, 5.41) is 18.1. The molecule has 2 fully saturated rings. The van der Waals surface area contributed by atoms with Gasteiger partial charge in [-0.15, -0.1) is 0 Å². The van der Waals surface area contributed by atoms with E-state index in [0.717, 1.165) is 25.8 Å². The first-order chi connectivity index (χ1) is 14.7. The Kier molecular flexibility index (Phi) is 9.28. The average Bonchev–Trinajstić information content (AvgIpc) is 3.45. The van der Waals surface area contributed by atoms with Gasteiger partial charge in [0.05, 0.1) is 6.04 Å². The maximum absolute atomic E-state index is 13.1. The third kappa shape index (κ3) is 6.18. The topological polar surface area (TPSA) is 128 Å². The van der Waals surface area contributed by atoms with Crippen LogP contribution >= 0.6 is 0 Å². The smallest absolute Gasteiger partial charge is 0.326 e. The number of nitrogens with zero attached hydrogens (tertiary/aromatic N) is 1. The van der Waals surface area contributed by atoms with Crippen molar-refractivity contribution in [3.63, 3.8) is 0 Å². The van der Waals surface area contributed by atoms with Gasteiger partial charge in [-0.25, -0.2) is 4.79 Å². The fourth-order valence-corrected chi connectivity index (χ4v) is 4.28. The molecule has 4 N–H and O–H groups in total. The van der Waals surface area contributed by atoms with Crippen molar-refractivity contribution in [2.75, 3.05) is 13.1 Å². The van der Waals surface area contributed by atoms with E-state index in [2.05, 4.69) is 16.0 Å². The SMILES string of the molecule is CCC(C)C(NC(=O)C(NC(=O)C1CCCN1C(=O)C1CCCN1)C(C)CC)C(=O)O. The van der Waals surface area contributed by atoms with E-state index in [-0.39, 0.29) is 29.7 Å². The van der Waals surface area contributed by atoms with Crippen LogP contribution in [0.1, 0.15) is 66.2 Å². The molecule has 0 aromatic carbocycles. The lowest BCUT2D eigenvalue weighted by molar-refractivity contribution is -0.144. The Labute approximate surface area is 184 Å². The van der Waals surface area contributed by atoms with Gasteiger partial charge in [-0.05, 0) is 44.1 Å². The molecule has 2 saturated heterocycles. The van der Waals surface area contributed by atoms with Crippen LogP contribution in [0.5, 0.6) is 0 Å². The fraction of sp³-hybridized carbons (Fsp3) is 0.818. The van der Waals surface area contributed by atoms with E-state index < -0.39 is 30.0 Å². The summed E-state index contributed by atoms with van der Waals surface area (Å²) in [5.41, 5.74) is 0. The van der Waals surface area contributed by atoms with Crippen molar-refractivity contribution in [1.29, 1.82) is 0 Å². The van der Waals surface area contributed by atoms with Crippen molar-refractivity contribution in [2.45, 2.75) is 90.4 Å². The largest absolute Gasteiger partial charge is 0.480 e. The van der Waals surface area contributed by atoms with Crippen molar-refractivity contribution in [3.05, 3.63) is 0 Å². The molecule has 0 aromatic heterocycles. The second kappa shape index (κ2) is 11.5. The zero-order valence-corrected chi connectivity index (χ0v) is 19.1. The van der Waals surface area contributed by atoms with Gasteiger partial charge in [-0.3, -0.25) is 14.4 Å². The van der Waals surface area contributed by atoms with Gasteiger partial charge in [0.1, 0.15) is 18.1 Å². The number of aliphatic carboxylic acids is 1.